The highest BCUT2D eigenvalue weighted by Gasteiger charge is 2.20. The summed E-state index contributed by atoms with van der Waals surface area (Å²) >= 11 is 0. The average molecular weight is 1140 g/mol. The highest BCUT2D eigenvalue weighted by atomic mass is 16.6. The number of ether oxygens (including phenoxy) is 3. The number of rotatable bonds is 71. The summed E-state index contributed by atoms with van der Waals surface area (Å²) in [7, 11) is 0. The minimum absolute atomic E-state index is 0.0598. The summed E-state index contributed by atoms with van der Waals surface area (Å²) in [6.45, 7) is 6.76. The van der Waals surface area contributed by atoms with Gasteiger partial charge in [-0.3, -0.25) is 14.4 Å². The summed E-state index contributed by atoms with van der Waals surface area (Å²) in [5.41, 5.74) is 0. The van der Waals surface area contributed by atoms with E-state index in [4.69, 9.17) is 14.2 Å². The minimum atomic E-state index is -0.764. The van der Waals surface area contributed by atoms with Crippen molar-refractivity contribution in [2.24, 2.45) is 0 Å². The lowest BCUT2D eigenvalue weighted by Crippen LogP contribution is -2.30. The number of carbonyl (C=O) groups is 3. The normalized spacial score (nSPS) is 11.9. The van der Waals surface area contributed by atoms with Gasteiger partial charge in [0.05, 0.1) is 0 Å². The zero-order valence-corrected chi connectivity index (χ0v) is 55.6. The van der Waals surface area contributed by atoms with Crippen LogP contribution in [0.3, 0.4) is 0 Å². The van der Waals surface area contributed by atoms with E-state index in [0.29, 0.717) is 19.3 Å². The molecular formula is C75H146O6. The Labute approximate surface area is 508 Å². The first kappa shape index (κ1) is 79.4. The summed E-state index contributed by atoms with van der Waals surface area (Å²) in [5, 5.41) is 0. The van der Waals surface area contributed by atoms with Crippen LogP contribution in [0.25, 0.3) is 0 Å². The first-order valence-corrected chi connectivity index (χ1v) is 37.5. The van der Waals surface area contributed by atoms with Gasteiger partial charge in [-0.15, -0.1) is 0 Å². The maximum absolute atomic E-state index is 13.0. The van der Waals surface area contributed by atoms with Gasteiger partial charge < -0.3 is 14.2 Å². The van der Waals surface area contributed by atoms with Crippen LogP contribution >= 0.6 is 0 Å². The topological polar surface area (TPSA) is 78.9 Å². The molecule has 0 aliphatic heterocycles. The number of carbonyl (C=O) groups excluding carboxylic acids is 3. The van der Waals surface area contributed by atoms with Crippen LogP contribution in [0.5, 0.6) is 0 Å². The van der Waals surface area contributed by atoms with Crippen LogP contribution < -0.4 is 0 Å². The monoisotopic (exact) mass is 1140 g/mol. The van der Waals surface area contributed by atoms with Gasteiger partial charge in [-0.05, 0) is 19.3 Å². The summed E-state index contributed by atoms with van der Waals surface area (Å²) in [5.74, 6) is -0.814. The van der Waals surface area contributed by atoms with Crippen LogP contribution in [0.1, 0.15) is 445 Å². The van der Waals surface area contributed by atoms with Gasteiger partial charge >= 0.3 is 17.9 Å². The standard InChI is InChI=1S/C75H146O6/c1-4-7-10-13-16-19-22-25-28-31-33-35-37-38-40-41-44-47-50-53-56-59-62-65-68-74(77)80-71-72(70-79-73(76)67-64-61-58-55-52-49-46-43-30-27-24-21-18-15-12-9-6-3)81-75(78)69-66-63-60-57-54-51-48-45-42-39-36-34-32-29-26-23-20-17-14-11-8-5-2/h72H,4-71H2,1-3H3. The fourth-order valence-corrected chi connectivity index (χ4v) is 12.0. The Morgan fingerprint density at radius 2 is 0.333 bits per heavy atom. The summed E-state index contributed by atoms with van der Waals surface area (Å²) in [4.78, 5) is 38.5. The van der Waals surface area contributed by atoms with Crippen molar-refractivity contribution in [3.63, 3.8) is 0 Å². The van der Waals surface area contributed by atoms with E-state index in [1.165, 1.54) is 347 Å². The molecule has 0 bridgehead atoms. The molecule has 0 saturated carbocycles. The second-order valence-electron chi connectivity index (χ2n) is 25.9. The summed E-state index contributed by atoms with van der Waals surface area (Å²) in [6, 6.07) is 0. The lowest BCUT2D eigenvalue weighted by atomic mass is 10.0. The van der Waals surface area contributed by atoms with Gasteiger partial charge in [0.25, 0.3) is 0 Å². The van der Waals surface area contributed by atoms with Crippen LogP contribution in [0.15, 0.2) is 0 Å². The van der Waals surface area contributed by atoms with Gasteiger partial charge in [0.15, 0.2) is 6.10 Å². The molecule has 81 heavy (non-hydrogen) atoms. The molecule has 0 amide bonds. The molecule has 1 unspecified atom stereocenters. The van der Waals surface area contributed by atoms with Crippen molar-refractivity contribution >= 4 is 17.9 Å². The van der Waals surface area contributed by atoms with Crippen molar-refractivity contribution in [1.82, 2.24) is 0 Å². The van der Waals surface area contributed by atoms with Crippen LogP contribution in [0.2, 0.25) is 0 Å². The van der Waals surface area contributed by atoms with Crippen LogP contribution in [-0.2, 0) is 28.6 Å². The molecule has 6 nitrogen and oxygen atoms in total. The zero-order valence-electron chi connectivity index (χ0n) is 55.6. The molecule has 0 N–H and O–H groups in total. The molecule has 0 aliphatic rings. The Morgan fingerprint density at radius 3 is 0.494 bits per heavy atom. The van der Waals surface area contributed by atoms with Crippen LogP contribution in [0.4, 0.5) is 0 Å². The van der Waals surface area contributed by atoms with Crippen molar-refractivity contribution < 1.29 is 28.6 Å². The van der Waals surface area contributed by atoms with E-state index in [-0.39, 0.29) is 31.1 Å². The highest BCUT2D eigenvalue weighted by Crippen LogP contribution is 2.20. The molecule has 0 aromatic heterocycles. The summed E-state index contributed by atoms with van der Waals surface area (Å²) < 4.78 is 17.1. The number of hydrogen-bond donors (Lipinski definition) is 0. The SMILES string of the molecule is CCCCCCCCCCCCCCCCCCCCCCCCCCC(=O)OCC(COC(=O)CCCCCCCCCCCCCCCCCCC)OC(=O)CCCCCCCCCCCCCCCCCCCCCCCC. The van der Waals surface area contributed by atoms with Crippen molar-refractivity contribution in [3.8, 4) is 0 Å². The van der Waals surface area contributed by atoms with E-state index < -0.39 is 6.10 Å². The Hall–Kier alpha value is -1.59. The zero-order chi connectivity index (χ0) is 58.5. The highest BCUT2D eigenvalue weighted by molar-refractivity contribution is 5.71. The molecule has 0 saturated heterocycles. The molecule has 0 aromatic carbocycles. The third-order valence-corrected chi connectivity index (χ3v) is 17.6. The lowest BCUT2D eigenvalue weighted by molar-refractivity contribution is -0.167. The average Bonchev–Trinajstić information content (AvgIpc) is 3.47. The molecule has 0 fully saturated rings. The van der Waals surface area contributed by atoms with E-state index >= 15 is 0 Å². The van der Waals surface area contributed by atoms with E-state index in [1.54, 1.807) is 0 Å². The van der Waals surface area contributed by atoms with Gasteiger partial charge in [-0.25, -0.2) is 0 Å². The van der Waals surface area contributed by atoms with E-state index in [2.05, 4.69) is 20.8 Å². The first-order valence-electron chi connectivity index (χ1n) is 37.5. The molecule has 0 aliphatic carbocycles. The van der Waals surface area contributed by atoms with E-state index in [1.807, 2.05) is 0 Å². The third kappa shape index (κ3) is 69.1. The Kier molecular flexibility index (Phi) is 69.5. The number of unbranched alkanes of at least 4 members (excludes halogenated alkanes) is 60. The predicted octanol–water partition coefficient (Wildman–Crippen LogP) is 25.8. The smallest absolute Gasteiger partial charge is 0.306 e. The van der Waals surface area contributed by atoms with Crippen LogP contribution in [-0.4, -0.2) is 37.2 Å². The van der Waals surface area contributed by atoms with E-state index in [9.17, 15) is 14.4 Å². The minimum Gasteiger partial charge on any atom is -0.462 e. The molecule has 482 valence electrons. The fourth-order valence-electron chi connectivity index (χ4n) is 12.0. The van der Waals surface area contributed by atoms with Crippen molar-refractivity contribution in [2.75, 3.05) is 13.2 Å². The Morgan fingerprint density at radius 1 is 0.198 bits per heavy atom. The second kappa shape index (κ2) is 70.9. The maximum atomic E-state index is 13.0. The summed E-state index contributed by atoms with van der Waals surface area (Å²) in [6.07, 6.45) is 84.3. The van der Waals surface area contributed by atoms with Crippen molar-refractivity contribution in [1.29, 1.82) is 0 Å². The van der Waals surface area contributed by atoms with Gasteiger partial charge in [-0.2, -0.15) is 0 Å². The van der Waals surface area contributed by atoms with Crippen LogP contribution in [0, 0.1) is 0 Å². The molecule has 0 rings (SSSR count). The van der Waals surface area contributed by atoms with Crippen molar-refractivity contribution in [2.45, 2.75) is 451 Å². The van der Waals surface area contributed by atoms with Gasteiger partial charge in [0.1, 0.15) is 13.2 Å². The largest absolute Gasteiger partial charge is 0.462 e. The Bertz CT molecular complexity index is 1220. The fraction of sp³-hybridized carbons (Fsp3) is 0.960. The number of esters is 3. The van der Waals surface area contributed by atoms with Gasteiger partial charge in [0.2, 0.25) is 0 Å². The van der Waals surface area contributed by atoms with Gasteiger partial charge in [0, 0.05) is 19.3 Å². The first-order chi connectivity index (χ1) is 40.0. The third-order valence-electron chi connectivity index (χ3n) is 17.6. The number of hydrogen-bond acceptors (Lipinski definition) is 6. The Balaban J connectivity index is 4.24. The molecule has 0 aromatic rings. The van der Waals surface area contributed by atoms with Crippen molar-refractivity contribution in [3.05, 3.63) is 0 Å². The van der Waals surface area contributed by atoms with E-state index in [0.717, 1.165) is 57.8 Å². The molecular weight excluding hydrogens is 997 g/mol. The molecule has 0 radical (unpaired) electrons. The molecule has 6 heteroatoms. The lowest BCUT2D eigenvalue weighted by Gasteiger charge is -2.18. The molecule has 1 atom stereocenters. The quantitative estimate of drug-likeness (QED) is 0.0343. The predicted molar refractivity (Wildman–Crippen MR) is 354 cm³/mol. The molecule has 0 spiro atoms. The molecule has 0 heterocycles. The van der Waals surface area contributed by atoms with Gasteiger partial charge in [-0.1, -0.05) is 406 Å². The maximum Gasteiger partial charge on any atom is 0.306 e. The second-order valence-corrected chi connectivity index (χ2v) is 25.9.